The molecule has 6 nitrogen and oxygen atoms in total. The highest BCUT2D eigenvalue weighted by atomic mass is 16.3. The highest BCUT2D eigenvalue weighted by Gasteiger charge is 2.29. The van der Waals surface area contributed by atoms with Gasteiger partial charge in [-0.3, -0.25) is 9.59 Å². The molecule has 108 valence electrons. The number of nitrogens with zero attached hydrogens (tertiary/aromatic N) is 1. The Morgan fingerprint density at radius 3 is 2.95 bits per heavy atom. The van der Waals surface area contributed by atoms with E-state index in [-0.39, 0.29) is 36.4 Å². The summed E-state index contributed by atoms with van der Waals surface area (Å²) in [5.41, 5.74) is 0. The van der Waals surface area contributed by atoms with Gasteiger partial charge in [-0.2, -0.15) is 0 Å². The first-order valence-corrected chi connectivity index (χ1v) is 7.03. The van der Waals surface area contributed by atoms with E-state index in [1.165, 1.54) is 0 Å². The fraction of sp³-hybridized carbons (Fsp3) is 0.846. The second kappa shape index (κ2) is 6.34. The average Bonchev–Trinajstić information content (AvgIpc) is 2.90. The van der Waals surface area contributed by atoms with Crippen LogP contribution in [0.15, 0.2) is 0 Å². The zero-order valence-electron chi connectivity index (χ0n) is 11.4. The van der Waals surface area contributed by atoms with Crippen molar-refractivity contribution in [2.24, 2.45) is 5.92 Å². The van der Waals surface area contributed by atoms with Crippen molar-refractivity contribution in [3.63, 3.8) is 0 Å². The summed E-state index contributed by atoms with van der Waals surface area (Å²) in [7, 11) is 0. The topological polar surface area (TPSA) is 81.7 Å². The Morgan fingerprint density at radius 1 is 1.58 bits per heavy atom. The Morgan fingerprint density at radius 2 is 2.37 bits per heavy atom. The standard InChI is InChI=1S/C13H23N3O3/c1-9-3-5-16(13(9)19)8-12(18)14-4-2-10-6-11(17)7-15-10/h9-11,15,17H,2-8H2,1H3,(H,14,18)/t9-,10?,11?/m1/s1. The Bertz CT molecular complexity index is 348. The highest BCUT2D eigenvalue weighted by Crippen LogP contribution is 2.16. The van der Waals surface area contributed by atoms with E-state index in [0.717, 1.165) is 19.3 Å². The molecule has 0 spiro atoms. The van der Waals surface area contributed by atoms with E-state index in [1.54, 1.807) is 4.90 Å². The lowest BCUT2D eigenvalue weighted by Crippen LogP contribution is -2.39. The Labute approximate surface area is 113 Å². The summed E-state index contributed by atoms with van der Waals surface area (Å²) < 4.78 is 0. The lowest BCUT2D eigenvalue weighted by molar-refractivity contribution is -0.135. The maximum absolute atomic E-state index is 11.7. The van der Waals surface area contributed by atoms with Crippen molar-refractivity contribution >= 4 is 11.8 Å². The number of carbonyl (C=O) groups is 2. The first-order valence-electron chi connectivity index (χ1n) is 7.03. The number of likely N-dealkylation sites (tertiary alicyclic amines) is 1. The average molecular weight is 269 g/mol. The molecule has 0 saturated carbocycles. The predicted molar refractivity (Wildman–Crippen MR) is 70.4 cm³/mol. The van der Waals surface area contributed by atoms with Gasteiger partial charge in [-0.1, -0.05) is 6.92 Å². The van der Waals surface area contributed by atoms with E-state index in [1.807, 2.05) is 6.92 Å². The number of amides is 2. The van der Waals surface area contributed by atoms with Crippen LogP contribution in [0.2, 0.25) is 0 Å². The molecule has 19 heavy (non-hydrogen) atoms. The molecule has 2 aliphatic rings. The SMILES string of the molecule is C[C@@H]1CCN(CC(=O)NCCC2CC(O)CN2)C1=O. The van der Waals surface area contributed by atoms with Crippen LogP contribution in [0.4, 0.5) is 0 Å². The van der Waals surface area contributed by atoms with Crippen molar-refractivity contribution in [2.45, 2.75) is 38.3 Å². The van der Waals surface area contributed by atoms with Crippen LogP contribution in [-0.2, 0) is 9.59 Å². The zero-order chi connectivity index (χ0) is 13.8. The monoisotopic (exact) mass is 269 g/mol. The predicted octanol–water partition coefficient (Wildman–Crippen LogP) is -0.916. The number of carbonyl (C=O) groups excluding carboxylic acids is 2. The van der Waals surface area contributed by atoms with Gasteiger partial charge in [0.1, 0.15) is 0 Å². The van der Waals surface area contributed by atoms with Crippen LogP contribution in [0.1, 0.15) is 26.2 Å². The Hall–Kier alpha value is -1.14. The normalized spacial score (nSPS) is 30.9. The lowest BCUT2D eigenvalue weighted by Gasteiger charge is -2.16. The zero-order valence-corrected chi connectivity index (χ0v) is 11.4. The largest absolute Gasteiger partial charge is 0.392 e. The van der Waals surface area contributed by atoms with Gasteiger partial charge in [0.05, 0.1) is 12.6 Å². The summed E-state index contributed by atoms with van der Waals surface area (Å²) in [6.07, 6.45) is 2.14. The quantitative estimate of drug-likeness (QED) is 0.603. The summed E-state index contributed by atoms with van der Waals surface area (Å²) in [5, 5.41) is 15.4. The summed E-state index contributed by atoms with van der Waals surface area (Å²) in [6.45, 7) is 3.98. The minimum atomic E-state index is -0.260. The van der Waals surface area contributed by atoms with Crippen LogP contribution in [0.5, 0.6) is 0 Å². The second-order valence-corrected chi connectivity index (χ2v) is 5.58. The third-order valence-electron chi connectivity index (χ3n) is 3.91. The van der Waals surface area contributed by atoms with Crippen molar-refractivity contribution in [3.8, 4) is 0 Å². The molecule has 0 bridgehead atoms. The number of hydrogen-bond donors (Lipinski definition) is 3. The molecule has 2 saturated heterocycles. The summed E-state index contributed by atoms with van der Waals surface area (Å²) in [6, 6.07) is 0.281. The highest BCUT2D eigenvalue weighted by molar-refractivity contribution is 5.86. The van der Waals surface area contributed by atoms with Crippen LogP contribution in [0, 0.1) is 5.92 Å². The van der Waals surface area contributed by atoms with Gasteiger partial charge in [0, 0.05) is 31.6 Å². The van der Waals surface area contributed by atoms with Gasteiger partial charge in [-0.25, -0.2) is 0 Å². The van der Waals surface area contributed by atoms with Crippen LogP contribution >= 0.6 is 0 Å². The maximum atomic E-state index is 11.7. The van der Waals surface area contributed by atoms with Gasteiger partial charge in [0.15, 0.2) is 0 Å². The molecule has 2 unspecified atom stereocenters. The molecule has 3 atom stereocenters. The van der Waals surface area contributed by atoms with E-state index < -0.39 is 0 Å². The van der Waals surface area contributed by atoms with Crippen molar-refractivity contribution < 1.29 is 14.7 Å². The van der Waals surface area contributed by atoms with Crippen LogP contribution < -0.4 is 10.6 Å². The van der Waals surface area contributed by atoms with E-state index in [4.69, 9.17) is 0 Å². The number of nitrogens with one attached hydrogen (secondary N) is 2. The maximum Gasteiger partial charge on any atom is 0.239 e. The molecule has 2 heterocycles. The molecular formula is C13H23N3O3. The Kier molecular flexibility index (Phi) is 4.76. The Balaban J connectivity index is 1.61. The van der Waals surface area contributed by atoms with Crippen molar-refractivity contribution in [1.29, 1.82) is 0 Å². The number of rotatable bonds is 5. The molecule has 2 amide bonds. The molecule has 0 aromatic carbocycles. The van der Waals surface area contributed by atoms with Crippen molar-refractivity contribution in [1.82, 2.24) is 15.5 Å². The molecule has 0 radical (unpaired) electrons. The molecular weight excluding hydrogens is 246 g/mol. The third-order valence-corrected chi connectivity index (χ3v) is 3.91. The number of β-amino-alcohol motifs (C(OH)–C–C–N with tert-alkyl or cyclic N) is 1. The van der Waals surface area contributed by atoms with Gasteiger partial charge in [0.25, 0.3) is 0 Å². The number of aliphatic hydroxyl groups is 1. The number of hydrogen-bond acceptors (Lipinski definition) is 4. The van der Waals surface area contributed by atoms with Crippen molar-refractivity contribution in [2.75, 3.05) is 26.2 Å². The van der Waals surface area contributed by atoms with Crippen LogP contribution in [0.3, 0.4) is 0 Å². The number of aliphatic hydroxyl groups excluding tert-OH is 1. The molecule has 2 aliphatic heterocycles. The van der Waals surface area contributed by atoms with Gasteiger partial charge in [-0.05, 0) is 19.3 Å². The molecule has 2 rings (SSSR count). The molecule has 2 fully saturated rings. The van der Waals surface area contributed by atoms with Crippen LogP contribution in [-0.4, -0.2) is 60.1 Å². The summed E-state index contributed by atoms with van der Waals surface area (Å²) in [4.78, 5) is 25.0. The first-order chi connectivity index (χ1) is 9.06. The van der Waals surface area contributed by atoms with E-state index in [9.17, 15) is 14.7 Å². The third kappa shape index (κ3) is 3.91. The van der Waals surface area contributed by atoms with Gasteiger partial charge < -0.3 is 20.6 Å². The first kappa shape index (κ1) is 14.3. The molecule has 6 heteroatoms. The molecule has 0 aromatic rings. The van der Waals surface area contributed by atoms with Crippen LogP contribution in [0.25, 0.3) is 0 Å². The van der Waals surface area contributed by atoms with Gasteiger partial charge >= 0.3 is 0 Å². The summed E-state index contributed by atoms with van der Waals surface area (Å²) in [5.74, 6) is 0.0358. The second-order valence-electron chi connectivity index (χ2n) is 5.58. The van der Waals surface area contributed by atoms with E-state index in [0.29, 0.717) is 19.6 Å². The smallest absolute Gasteiger partial charge is 0.239 e. The van der Waals surface area contributed by atoms with E-state index >= 15 is 0 Å². The van der Waals surface area contributed by atoms with Gasteiger partial charge in [0.2, 0.25) is 11.8 Å². The molecule has 0 aliphatic carbocycles. The summed E-state index contributed by atoms with van der Waals surface area (Å²) >= 11 is 0. The van der Waals surface area contributed by atoms with E-state index in [2.05, 4.69) is 10.6 Å². The minimum Gasteiger partial charge on any atom is -0.392 e. The minimum absolute atomic E-state index is 0.0528. The fourth-order valence-corrected chi connectivity index (χ4v) is 2.68. The molecule has 3 N–H and O–H groups in total. The fourth-order valence-electron chi connectivity index (χ4n) is 2.68. The lowest BCUT2D eigenvalue weighted by atomic mass is 10.1. The van der Waals surface area contributed by atoms with Gasteiger partial charge in [-0.15, -0.1) is 0 Å². The van der Waals surface area contributed by atoms with Crippen molar-refractivity contribution in [3.05, 3.63) is 0 Å². The molecule has 0 aromatic heterocycles.